The fraction of sp³-hybridized carbons (Fsp3) is 0.467. The van der Waals surface area contributed by atoms with Crippen LogP contribution in [0.3, 0.4) is 0 Å². The average molecular weight is 245 g/mol. The summed E-state index contributed by atoms with van der Waals surface area (Å²) in [6, 6.07) is 5.92. The van der Waals surface area contributed by atoms with Gasteiger partial charge in [0, 0.05) is 6.20 Å². The molecule has 1 aromatic heterocycles. The van der Waals surface area contributed by atoms with Crippen molar-refractivity contribution in [3.8, 4) is 0 Å². The van der Waals surface area contributed by atoms with E-state index in [9.17, 15) is 4.79 Å². The normalized spacial score (nSPS) is 19.2. The lowest BCUT2D eigenvalue weighted by molar-refractivity contribution is -0.148. The molecule has 1 heterocycles. The van der Waals surface area contributed by atoms with Crippen LogP contribution in [0.25, 0.3) is 5.57 Å². The molecule has 18 heavy (non-hydrogen) atoms. The van der Waals surface area contributed by atoms with E-state index in [2.05, 4.69) is 11.1 Å². The van der Waals surface area contributed by atoms with Crippen LogP contribution < -0.4 is 0 Å². The Morgan fingerprint density at radius 1 is 1.50 bits per heavy atom. The number of hydrogen-bond acceptors (Lipinski definition) is 3. The molecule has 2 rings (SSSR count). The maximum absolute atomic E-state index is 11.7. The van der Waals surface area contributed by atoms with Crippen LogP contribution in [-0.2, 0) is 9.53 Å². The molecule has 0 radical (unpaired) electrons. The molecule has 1 atom stereocenters. The maximum Gasteiger partial charge on any atom is 0.309 e. The molecule has 96 valence electrons. The zero-order valence-electron chi connectivity index (χ0n) is 10.8. The molecular formula is C15H19NO2. The minimum Gasteiger partial charge on any atom is -0.465 e. The molecule has 1 aliphatic rings. The number of esters is 1. The average Bonchev–Trinajstić information content (AvgIpc) is 2.46. The number of carbonyl (C=O) groups is 1. The van der Waals surface area contributed by atoms with Gasteiger partial charge < -0.3 is 4.74 Å². The Balaban J connectivity index is 1.94. The van der Waals surface area contributed by atoms with E-state index in [1.807, 2.05) is 25.1 Å². The van der Waals surface area contributed by atoms with Gasteiger partial charge in [-0.05, 0) is 43.4 Å². The third-order valence-corrected chi connectivity index (χ3v) is 3.19. The van der Waals surface area contributed by atoms with Gasteiger partial charge in [0.15, 0.2) is 0 Å². The van der Waals surface area contributed by atoms with Gasteiger partial charge in [0.1, 0.15) is 0 Å². The highest BCUT2D eigenvalue weighted by atomic mass is 16.5. The van der Waals surface area contributed by atoms with Crippen LogP contribution in [0, 0.1) is 5.92 Å². The van der Waals surface area contributed by atoms with Gasteiger partial charge in [-0.2, -0.15) is 0 Å². The predicted octanol–water partition coefficient (Wildman–Crippen LogP) is 3.22. The number of nitrogens with zero attached hydrogens (tertiary/aromatic N) is 1. The van der Waals surface area contributed by atoms with E-state index in [4.69, 9.17) is 4.74 Å². The Labute approximate surface area is 108 Å². The highest BCUT2D eigenvalue weighted by Gasteiger charge is 2.23. The van der Waals surface area contributed by atoms with Gasteiger partial charge >= 0.3 is 5.97 Å². The monoisotopic (exact) mass is 245 g/mol. The molecule has 1 unspecified atom stereocenters. The van der Waals surface area contributed by atoms with Crippen molar-refractivity contribution in [2.45, 2.75) is 32.6 Å². The van der Waals surface area contributed by atoms with Crippen molar-refractivity contribution in [2.24, 2.45) is 5.92 Å². The topological polar surface area (TPSA) is 39.2 Å². The lowest BCUT2D eigenvalue weighted by atomic mass is 9.88. The summed E-state index contributed by atoms with van der Waals surface area (Å²) < 4.78 is 5.19. The van der Waals surface area contributed by atoms with Gasteiger partial charge in [-0.1, -0.05) is 19.1 Å². The van der Waals surface area contributed by atoms with Crippen LogP contribution >= 0.6 is 0 Å². The molecule has 3 nitrogen and oxygen atoms in total. The quantitative estimate of drug-likeness (QED) is 0.764. The number of pyridine rings is 1. The first-order chi connectivity index (χ1) is 8.81. The first-order valence-corrected chi connectivity index (χ1v) is 6.58. The zero-order chi connectivity index (χ0) is 12.8. The van der Waals surface area contributed by atoms with Crippen LogP contribution in [0.15, 0.2) is 30.5 Å². The first kappa shape index (κ1) is 12.8. The van der Waals surface area contributed by atoms with Crippen molar-refractivity contribution < 1.29 is 9.53 Å². The van der Waals surface area contributed by atoms with Gasteiger partial charge in [-0.25, -0.2) is 0 Å². The molecule has 1 aliphatic carbocycles. The van der Waals surface area contributed by atoms with E-state index in [1.165, 1.54) is 5.57 Å². The summed E-state index contributed by atoms with van der Waals surface area (Å²) in [5.41, 5.74) is 2.27. The number of aromatic nitrogens is 1. The summed E-state index contributed by atoms with van der Waals surface area (Å²) in [4.78, 5) is 16.1. The molecule has 0 aliphatic heterocycles. The second-order valence-electron chi connectivity index (χ2n) is 4.58. The highest BCUT2D eigenvalue weighted by Crippen LogP contribution is 2.29. The second kappa shape index (κ2) is 6.34. The number of carbonyl (C=O) groups excluding carboxylic acids is 1. The highest BCUT2D eigenvalue weighted by molar-refractivity contribution is 5.75. The Morgan fingerprint density at radius 2 is 2.39 bits per heavy atom. The molecule has 0 saturated carbocycles. The molecular weight excluding hydrogens is 226 g/mol. The fourth-order valence-corrected chi connectivity index (χ4v) is 2.15. The van der Waals surface area contributed by atoms with E-state index < -0.39 is 0 Å². The van der Waals surface area contributed by atoms with Crippen LogP contribution in [0.5, 0.6) is 0 Å². The third kappa shape index (κ3) is 3.19. The van der Waals surface area contributed by atoms with Crippen LogP contribution in [-0.4, -0.2) is 17.6 Å². The molecule has 0 spiro atoms. The number of rotatable bonds is 4. The molecule has 0 N–H and O–H groups in total. The van der Waals surface area contributed by atoms with Crippen molar-refractivity contribution in [2.75, 3.05) is 6.61 Å². The summed E-state index contributed by atoms with van der Waals surface area (Å²) in [7, 11) is 0. The smallest absolute Gasteiger partial charge is 0.309 e. The third-order valence-electron chi connectivity index (χ3n) is 3.19. The van der Waals surface area contributed by atoms with E-state index in [1.54, 1.807) is 6.20 Å². The lowest BCUT2D eigenvalue weighted by Gasteiger charge is -2.20. The van der Waals surface area contributed by atoms with E-state index in [-0.39, 0.29) is 11.9 Å². The van der Waals surface area contributed by atoms with Crippen molar-refractivity contribution in [3.63, 3.8) is 0 Å². The Morgan fingerprint density at radius 3 is 3.00 bits per heavy atom. The lowest BCUT2D eigenvalue weighted by Crippen LogP contribution is -2.20. The number of hydrogen-bond donors (Lipinski definition) is 0. The van der Waals surface area contributed by atoms with E-state index in [0.717, 1.165) is 31.4 Å². The second-order valence-corrected chi connectivity index (χ2v) is 4.58. The standard InChI is InChI=1S/C15H19NO2/c1-2-11-18-15(17)13-8-6-12(7-9-13)14-5-3-4-10-16-14/h3-6,10,13H,2,7-9,11H2,1H3. The first-order valence-electron chi connectivity index (χ1n) is 6.58. The van der Waals surface area contributed by atoms with E-state index in [0.29, 0.717) is 6.61 Å². The number of allylic oxidation sites excluding steroid dienone is 2. The van der Waals surface area contributed by atoms with E-state index >= 15 is 0 Å². The van der Waals surface area contributed by atoms with Crippen molar-refractivity contribution >= 4 is 11.5 Å². The largest absolute Gasteiger partial charge is 0.465 e. The van der Waals surface area contributed by atoms with Gasteiger partial charge in [-0.15, -0.1) is 0 Å². The van der Waals surface area contributed by atoms with Gasteiger partial charge in [0.2, 0.25) is 0 Å². The van der Waals surface area contributed by atoms with Crippen molar-refractivity contribution in [3.05, 3.63) is 36.2 Å². The minimum atomic E-state index is -0.0480. The molecule has 0 amide bonds. The Bertz CT molecular complexity index is 425. The Kier molecular flexibility index (Phi) is 4.51. The summed E-state index contributed by atoms with van der Waals surface area (Å²) in [5, 5.41) is 0. The molecule has 0 bridgehead atoms. The summed E-state index contributed by atoms with van der Waals surface area (Å²) >= 11 is 0. The predicted molar refractivity (Wildman–Crippen MR) is 70.8 cm³/mol. The fourth-order valence-electron chi connectivity index (χ4n) is 2.15. The van der Waals surface area contributed by atoms with Crippen molar-refractivity contribution in [1.29, 1.82) is 0 Å². The molecule has 1 aromatic rings. The summed E-state index contributed by atoms with van der Waals surface area (Å²) in [5.74, 6) is -0.0165. The maximum atomic E-state index is 11.7. The summed E-state index contributed by atoms with van der Waals surface area (Å²) in [6.45, 7) is 2.54. The minimum absolute atomic E-state index is 0.0315. The molecule has 0 aromatic carbocycles. The zero-order valence-corrected chi connectivity index (χ0v) is 10.8. The van der Waals surface area contributed by atoms with Crippen LogP contribution in [0.1, 0.15) is 38.3 Å². The van der Waals surface area contributed by atoms with Gasteiger partial charge in [0.25, 0.3) is 0 Å². The van der Waals surface area contributed by atoms with Crippen LogP contribution in [0.4, 0.5) is 0 Å². The Hall–Kier alpha value is -1.64. The number of ether oxygens (including phenoxy) is 1. The van der Waals surface area contributed by atoms with Gasteiger partial charge in [-0.3, -0.25) is 9.78 Å². The molecule has 0 fully saturated rings. The SMILES string of the molecule is CCCOC(=O)C1CC=C(c2ccccn2)CC1. The summed E-state index contributed by atoms with van der Waals surface area (Å²) in [6.07, 6.45) is 7.36. The molecule has 3 heteroatoms. The van der Waals surface area contributed by atoms with Gasteiger partial charge in [0.05, 0.1) is 18.2 Å². The molecule has 0 saturated heterocycles. The van der Waals surface area contributed by atoms with Crippen LogP contribution in [0.2, 0.25) is 0 Å². The van der Waals surface area contributed by atoms with Crippen molar-refractivity contribution in [1.82, 2.24) is 4.98 Å².